The molecule has 6 nitrogen and oxygen atoms in total. The molecule has 0 aromatic heterocycles. The van der Waals surface area contributed by atoms with Crippen molar-refractivity contribution in [2.45, 2.75) is 45.3 Å². The second kappa shape index (κ2) is 8.96. The number of carbonyl (C=O) groups excluding carboxylic acids is 2. The third-order valence-electron chi connectivity index (χ3n) is 4.69. The molecule has 0 spiro atoms. The fourth-order valence-electron chi connectivity index (χ4n) is 3.27. The third kappa shape index (κ3) is 4.71. The summed E-state index contributed by atoms with van der Waals surface area (Å²) >= 11 is 0. The first-order valence-electron chi connectivity index (χ1n) is 8.71. The van der Waals surface area contributed by atoms with E-state index in [-0.39, 0.29) is 17.8 Å². The van der Waals surface area contributed by atoms with E-state index in [9.17, 15) is 14.7 Å². The zero-order valence-corrected chi connectivity index (χ0v) is 15.2. The van der Waals surface area contributed by atoms with Gasteiger partial charge in [-0.2, -0.15) is 0 Å². The minimum Gasteiger partial charge on any atom is -0.458 e. The van der Waals surface area contributed by atoms with Crippen LogP contribution in [0, 0.1) is 5.92 Å². The van der Waals surface area contributed by atoms with Gasteiger partial charge in [-0.15, -0.1) is 0 Å². The van der Waals surface area contributed by atoms with Crippen LogP contribution in [0.5, 0.6) is 0 Å². The van der Waals surface area contributed by atoms with E-state index in [1.54, 1.807) is 0 Å². The van der Waals surface area contributed by atoms with Gasteiger partial charge in [-0.1, -0.05) is 23.8 Å². The van der Waals surface area contributed by atoms with E-state index < -0.39 is 36.7 Å². The highest BCUT2D eigenvalue weighted by Gasteiger charge is 2.44. The normalized spacial score (nSPS) is 29.2. The summed E-state index contributed by atoms with van der Waals surface area (Å²) in [5.74, 6) is -1.70. The van der Waals surface area contributed by atoms with Crippen molar-refractivity contribution >= 4 is 11.9 Å². The topological polar surface area (TPSA) is 93.1 Å². The highest BCUT2D eigenvalue weighted by atomic mass is 16.6. The molecule has 142 valence electrons. The molecule has 0 aromatic carbocycles. The predicted octanol–water partition coefficient (Wildman–Crippen LogP) is 1.98. The average Bonchev–Trinajstić information content (AvgIpc) is 2.85. The number of hydrogen-bond donors (Lipinski definition) is 2. The average molecular weight is 362 g/mol. The Hall–Kier alpha value is -2.18. The molecule has 0 unspecified atom stereocenters. The van der Waals surface area contributed by atoms with Crippen LogP contribution in [0.2, 0.25) is 0 Å². The summed E-state index contributed by atoms with van der Waals surface area (Å²) in [6, 6.07) is 0. The molecule has 2 N–H and O–H groups in total. The Kier molecular flexibility index (Phi) is 6.94. The van der Waals surface area contributed by atoms with Gasteiger partial charge in [0, 0.05) is 12.0 Å². The fraction of sp³-hybridized carbons (Fsp3) is 0.500. The van der Waals surface area contributed by atoms with Gasteiger partial charge < -0.3 is 19.7 Å². The van der Waals surface area contributed by atoms with E-state index in [1.807, 2.05) is 19.9 Å². The number of allylic oxidation sites excluding steroid dienone is 2. The molecule has 1 fully saturated rings. The Morgan fingerprint density at radius 3 is 2.77 bits per heavy atom. The van der Waals surface area contributed by atoms with Crippen LogP contribution >= 0.6 is 0 Å². The second-order valence-corrected chi connectivity index (χ2v) is 6.74. The zero-order chi connectivity index (χ0) is 19.3. The number of aliphatic hydroxyl groups excluding tert-OH is 2. The first-order valence-corrected chi connectivity index (χ1v) is 8.71. The Bertz CT molecular complexity index is 670. The van der Waals surface area contributed by atoms with Crippen molar-refractivity contribution in [1.82, 2.24) is 0 Å². The van der Waals surface area contributed by atoms with Crippen LogP contribution in [0.1, 0.15) is 33.1 Å². The van der Waals surface area contributed by atoms with Crippen molar-refractivity contribution in [2.75, 3.05) is 13.2 Å². The summed E-state index contributed by atoms with van der Waals surface area (Å²) in [4.78, 5) is 24.4. The number of esters is 2. The van der Waals surface area contributed by atoms with E-state index in [4.69, 9.17) is 14.6 Å². The van der Waals surface area contributed by atoms with Gasteiger partial charge in [0.05, 0.1) is 24.7 Å². The van der Waals surface area contributed by atoms with Crippen molar-refractivity contribution in [3.05, 3.63) is 47.1 Å². The van der Waals surface area contributed by atoms with Crippen LogP contribution in [0.4, 0.5) is 0 Å². The minimum absolute atomic E-state index is 0.0228. The van der Waals surface area contributed by atoms with E-state index in [1.165, 1.54) is 6.08 Å². The predicted molar refractivity (Wildman–Crippen MR) is 96.0 cm³/mol. The number of hydrogen-bond acceptors (Lipinski definition) is 6. The smallest absolute Gasteiger partial charge is 0.336 e. The van der Waals surface area contributed by atoms with Gasteiger partial charge in [0.2, 0.25) is 0 Å². The Balaban J connectivity index is 2.36. The standard InChI is InChI=1S/C20H26O6/c1-12-5-4-6-13(2)10-17(26-20(24)15(11-22)7-8-21)18-14(3)19(23)25-16(18)9-12/h6-7,9,16-18,21-22H,3-5,8,10-11H2,1-2H3/b12-9?,13-6+,15-7+/t16-,17-,18+/m1/s1. The Labute approximate surface area is 153 Å². The summed E-state index contributed by atoms with van der Waals surface area (Å²) in [7, 11) is 0. The molecule has 0 bridgehead atoms. The third-order valence-corrected chi connectivity index (χ3v) is 4.69. The Morgan fingerprint density at radius 1 is 1.38 bits per heavy atom. The maximum Gasteiger partial charge on any atom is 0.336 e. The second-order valence-electron chi connectivity index (χ2n) is 6.74. The number of ether oxygens (including phenoxy) is 2. The molecular formula is C20H26O6. The first-order chi connectivity index (χ1) is 12.4. The lowest BCUT2D eigenvalue weighted by molar-refractivity contribution is -0.147. The molecule has 26 heavy (non-hydrogen) atoms. The summed E-state index contributed by atoms with van der Waals surface area (Å²) in [6.45, 7) is 6.85. The summed E-state index contributed by atoms with van der Waals surface area (Å²) < 4.78 is 11.1. The molecule has 1 saturated heterocycles. The molecule has 1 aliphatic heterocycles. The van der Waals surface area contributed by atoms with Gasteiger partial charge >= 0.3 is 11.9 Å². The molecule has 3 atom stereocenters. The minimum atomic E-state index is -0.719. The fourth-order valence-corrected chi connectivity index (χ4v) is 3.27. The molecule has 0 aromatic rings. The van der Waals surface area contributed by atoms with Crippen LogP contribution in [-0.4, -0.2) is 47.6 Å². The number of carbonyl (C=O) groups is 2. The van der Waals surface area contributed by atoms with Crippen molar-refractivity contribution < 1.29 is 29.3 Å². The molecule has 1 heterocycles. The highest BCUT2D eigenvalue weighted by molar-refractivity contribution is 5.92. The first kappa shape index (κ1) is 20.1. The number of rotatable bonds is 4. The lowest BCUT2D eigenvalue weighted by Gasteiger charge is -2.27. The van der Waals surface area contributed by atoms with Crippen LogP contribution in [-0.2, 0) is 19.1 Å². The molecular weight excluding hydrogens is 336 g/mol. The van der Waals surface area contributed by atoms with Gasteiger partial charge in [0.25, 0.3) is 0 Å². The van der Waals surface area contributed by atoms with Gasteiger partial charge in [0.15, 0.2) is 0 Å². The van der Waals surface area contributed by atoms with Crippen LogP contribution in [0.25, 0.3) is 0 Å². The van der Waals surface area contributed by atoms with Gasteiger partial charge in [-0.25, -0.2) is 9.59 Å². The van der Waals surface area contributed by atoms with Crippen LogP contribution < -0.4 is 0 Å². The number of aliphatic hydroxyl groups is 2. The monoisotopic (exact) mass is 362 g/mol. The summed E-state index contributed by atoms with van der Waals surface area (Å²) in [5.41, 5.74) is 2.39. The zero-order valence-electron chi connectivity index (χ0n) is 15.2. The van der Waals surface area contributed by atoms with Crippen LogP contribution in [0.15, 0.2) is 47.1 Å². The van der Waals surface area contributed by atoms with Gasteiger partial charge in [-0.05, 0) is 38.8 Å². The largest absolute Gasteiger partial charge is 0.458 e. The lowest BCUT2D eigenvalue weighted by Crippen LogP contribution is -2.34. The van der Waals surface area contributed by atoms with Crippen LogP contribution in [0.3, 0.4) is 0 Å². The van der Waals surface area contributed by atoms with Crippen molar-refractivity contribution in [2.24, 2.45) is 5.92 Å². The van der Waals surface area contributed by atoms with E-state index in [2.05, 4.69) is 12.7 Å². The molecule has 1 aliphatic carbocycles. The summed E-state index contributed by atoms with van der Waals surface area (Å²) in [5, 5.41) is 18.3. The van der Waals surface area contributed by atoms with Gasteiger partial charge in [0.1, 0.15) is 12.2 Å². The van der Waals surface area contributed by atoms with Crippen molar-refractivity contribution in [3.8, 4) is 0 Å². The summed E-state index contributed by atoms with van der Waals surface area (Å²) in [6.07, 6.45) is 6.17. The molecule has 0 radical (unpaired) electrons. The van der Waals surface area contributed by atoms with E-state index in [0.29, 0.717) is 6.42 Å². The maximum absolute atomic E-state index is 12.4. The molecule has 6 heteroatoms. The number of fused-ring (bicyclic) bond motifs is 1. The van der Waals surface area contributed by atoms with E-state index in [0.717, 1.165) is 24.0 Å². The quantitative estimate of drug-likeness (QED) is 0.451. The molecule has 0 amide bonds. The lowest BCUT2D eigenvalue weighted by atomic mass is 9.85. The Morgan fingerprint density at radius 2 is 2.12 bits per heavy atom. The maximum atomic E-state index is 12.4. The highest BCUT2D eigenvalue weighted by Crippen LogP contribution is 2.36. The van der Waals surface area contributed by atoms with E-state index >= 15 is 0 Å². The SMILES string of the molecule is C=C1C(=O)O[C@@H]2C=C(C)CC/C=C(\C)C[C@@H](OC(=O)/C(=C/CO)CO)[C@@H]12. The molecule has 2 rings (SSSR count). The van der Waals surface area contributed by atoms with Crippen molar-refractivity contribution in [1.29, 1.82) is 0 Å². The van der Waals surface area contributed by atoms with Gasteiger partial charge in [-0.3, -0.25) is 0 Å². The molecule has 0 saturated carbocycles. The molecule has 2 aliphatic rings. The van der Waals surface area contributed by atoms with Crippen molar-refractivity contribution in [3.63, 3.8) is 0 Å².